The largest absolute Gasteiger partial charge is 0.297 e. The Morgan fingerprint density at radius 3 is 2.62 bits per heavy atom. The number of likely N-dealkylation sites (tertiary alicyclic amines) is 1. The number of halogens is 1. The molecule has 1 aromatic carbocycles. The molecule has 3 nitrogen and oxygen atoms in total. The quantitative estimate of drug-likeness (QED) is 0.861. The summed E-state index contributed by atoms with van der Waals surface area (Å²) < 4.78 is 15.3. The first-order valence-electron chi connectivity index (χ1n) is 7.62. The summed E-state index contributed by atoms with van der Waals surface area (Å²) >= 11 is 0. The van der Waals surface area contributed by atoms with Crippen molar-refractivity contribution in [1.82, 2.24) is 14.7 Å². The predicted octanol–water partition coefficient (Wildman–Crippen LogP) is 3.50. The number of piperidine rings is 1. The van der Waals surface area contributed by atoms with E-state index in [1.165, 1.54) is 11.8 Å². The van der Waals surface area contributed by atoms with Gasteiger partial charge < -0.3 is 0 Å². The van der Waals surface area contributed by atoms with E-state index >= 15 is 0 Å². The van der Waals surface area contributed by atoms with Gasteiger partial charge in [-0.05, 0) is 56.6 Å². The van der Waals surface area contributed by atoms with Gasteiger partial charge in [0.15, 0.2) is 0 Å². The zero-order valence-electron chi connectivity index (χ0n) is 12.7. The molecule has 0 amide bonds. The van der Waals surface area contributed by atoms with Crippen LogP contribution in [0, 0.1) is 5.82 Å². The molecule has 1 aromatic heterocycles. The summed E-state index contributed by atoms with van der Waals surface area (Å²) in [4.78, 5) is 2.45. The van der Waals surface area contributed by atoms with Gasteiger partial charge in [-0.25, -0.2) is 4.39 Å². The molecule has 1 saturated heterocycles. The molecule has 1 atom stereocenters. The average Bonchev–Trinajstić information content (AvgIpc) is 2.93. The van der Waals surface area contributed by atoms with Crippen LogP contribution in [0.5, 0.6) is 0 Å². The molecule has 0 radical (unpaired) electrons. The van der Waals surface area contributed by atoms with Crippen LogP contribution in [0.15, 0.2) is 36.5 Å². The van der Waals surface area contributed by atoms with Crippen LogP contribution in [0.1, 0.15) is 43.0 Å². The highest BCUT2D eigenvalue weighted by Crippen LogP contribution is 2.31. The number of benzene rings is 1. The maximum Gasteiger partial charge on any atom is 0.123 e. The molecule has 112 valence electrons. The van der Waals surface area contributed by atoms with E-state index in [1.807, 2.05) is 24.0 Å². The van der Waals surface area contributed by atoms with Gasteiger partial charge in [0.2, 0.25) is 0 Å². The van der Waals surface area contributed by atoms with E-state index in [9.17, 15) is 4.39 Å². The summed E-state index contributed by atoms with van der Waals surface area (Å²) in [6, 6.07) is 9.36. The summed E-state index contributed by atoms with van der Waals surface area (Å²) in [7, 11) is 2.01. The molecular weight excluding hydrogens is 265 g/mol. The van der Waals surface area contributed by atoms with Crippen LogP contribution >= 0.6 is 0 Å². The van der Waals surface area contributed by atoms with Gasteiger partial charge in [0.05, 0.1) is 0 Å². The lowest BCUT2D eigenvalue weighted by Crippen LogP contribution is -2.35. The van der Waals surface area contributed by atoms with Crippen LogP contribution in [0.3, 0.4) is 0 Å². The molecule has 1 aliphatic heterocycles. The van der Waals surface area contributed by atoms with Crippen LogP contribution in [-0.2, 0) is 7.05 Å². The normalized spacial score (nSPS) is 18.8. The lowest BCUT2D eigenvalue weighted by atomic mass is 9.92. The Labute approximate surface area is 125 Å². The van der Waals surface area contributed by atoms with Gasteiger partial charge in [0.25, 0.3) is 0 Å². The van der Waals surface area contributed by atoms with Crippen molar-refractivity contribution in [3.63, 3.8) is 0 Å². The van der Waals surface area contributed by atoms with E-state index in [0.717, 1.165) is 31.5 Å². The van der Waals surface area contributed by atoms with Crippen molar-refractivity contribution in [3.8, 4) is 0 Å². The molecule has 0 aliphatic carbocycles. The molecule has 0 N–H and O–H groups in total. The van der Waals surface area contributed by atoms with E-state index in [2.05, 4.69) is 23.0 Å². The molecular formula is C17H22FN3. The summed E-state index contributed by atoms with van der Waals surface area (Å²) in [5.74, 6) is 0.442. The molecule has 21 heavy (non-hydrogen) atoms. The lowest BCUT2D eigenvalue weighted by molar-refractivity contribution is 0.160. The van der Waals surface area contributed by atoms with Crippen molar-refractivity contribution in [1.29, 1.82) is 0 Å². The van der Waals surface area contributed by atoms with Crippen molar-refractivity contribution < 1.29 is 4.39 Å². The van der Waals surface area contributed by atoms with E-state index < -0.39 is 0 Å². The fourth-order valence-corrected chi connectivity index (χ4v) is 3.34. The van der Waals surface area contributed by atoms with Crippen molar-refractivity contribution in [3.05, 3.63) is 53.6 Å². The number of nitrogens with zero attached hydrogens (tertiary/aromatic N) is 3. The second-order valence-electron chi connectivity index (χ2n) is 5.92. The summed E-state index contributed by atoms with van der Waals surface area (Å²) in [5.41, 5.74) is 2.39. The van der Waals surface area contributed by atoms with Crippen LogP contribution in [-0.4, -0.2) is 27.8 Å². The summed E-state index contributed by atoms with van der Waals surface area (Å²) in [6.07, 6.45) is 4.15. The molecule has 2 aromatic rings. The number of aromatic nitrogens is 2. The monoisotopic (exact) mass is 287 g/mol. The van der Waals surface area contributed by atoms with Crippen LogP contribution in [0.4, 0.5) is 4.39 Å². The first kappa shape index (κ1) is 14.3. The zero-order chi connectivity index (χ0) is 14.8. The number of aryl methyl sites for hydroxylation is 1. The fourth-order valence-electron chi connectivity index (χ4n) is 3.34. The first-order chi connectivity index (χ1) is 10.1. The standard InChI is InChI=1S/C17H22FN3/c1-13(15-4-3-5-16(18)12-15)21-10-7-14(8-11-21)17-6-9-19-20(17)2/h3-6,9,12-14H,7-8,10-11H2,1-2H3/t13-/m1/s1. The predicted molar refractivity (Wildman–Crippen MR) is 81.6 cm³/mol. The molecule has 2 heterocycles. The SMILES string of the molecule is C[C@H](c1cccc(F)c1)N1CCC(c2ccnn2C)CC1. The second-order valence-corrected chi connectivity index (χ2v) is 5.92. The highest BCUT2D eigenvalue weighted by Gasteiger charge is 2.25. The summed E-state index contributed by atoms with van der Waals surface area (Å²) in [5, 5.41) is 4.26. The van der Waals surface area contributed by atoms with Crippen molar-refractivity contribution >= 4 is 0 Å². The molecule has 0 spiro atoms. The Kier molecular flexibility index (Phi) is 4.06. The Bertz CT molecular complexity index is 600. The Morgan fingerprint density at radius 1 is 1.24 bits per heavy atom. The Balaban J connectivity index is 1.64. The molecule has 1 fully saturated rings. The molecule has 1 aliphatic rings. The van der Waals surface area contributed by atoms with E-state index in [1.54, 1.807) is 12.1 Å². The Hall–Kier alpha value is -1.68. The van der Waals surface area contributed by atoms with E-state index in [4.69, 9.17) is 0 Å². The number of hydrogen-bond donors (Lipinski definition) is 0. The Morgan fingerprint density at radius 2 is 2.00 bits per heavy atom. The first-order valence-corrected chi connectivity index (χ1v) is 7.62. The van der Waals surface area contributed by atoms with Gasteiger partial charge in [0.1, 0.15) is 5.82 Å². The number of rotatable bonds is 3. The summed E-state index contributed by atoms with van der Waals surface area (Å²) in [6.45, 7) is 4.26. The van der Waals surface area contributed by atoms with Gasteiger partial charge >= 0.3 is 0 Å². The minimum Gasteiger partial charge on any atom is -0.297 e. The average molecular weight is 287 g/mol. The van der Waals surface area contributed by atoms with Crippen LogP contribution in [0.2, 0.25) is 0 Å². The molecule has 3 rings (SSSR count). The maximum atomic E-state index is 13.4. The lowest BCUT2D eigenvalue weighted by Gasteiger charge is -2.36. The van der Waals surface area contributed by atoms with E-state index in [0.29, 0.717) is 5.92 Å². The second kappa shape index (κ2) is 5.98. The van der Waals surface area contributed by atoms with Crippen molar-refractivity contribution in [2.45, 2.75) is 31.7 Å². The van der Waals surface area contributed by atoms with Gasteiger partial charge in [-0.2, -0.15) is 5.10 Å². The third-order valence-corrected chi connectivity index (χ3v) is 4.69. The van der Waals surface area contributed by atoms with Gasteiger partial charge in [-0.3, -0.25) is 9.58 Å². The molecule has 0 saturated carbocycles. The fraction of sp³-hybridized carbons (Fsp3) is 0.471. The third kappa shape index (κ3) is 3.00. The maximum absolute atomic E-state index is 13.4. The van der Waals surface area contributed by atoms with Crippen LogP contribution in [0.25, 0.3) is 0 Å². The molecule has 0 bridgehead atoms. The number of hydrogen-bond acceptors (Lipinski definition) is 2. The molecule has 0 unspecified atom stereocenters. The van der Waals surface area contributed by atoms with Gasteiger partial charge in [-0.1, -0.05) is 12.1 Å². The van der Waals surface area contributed by atoms with Gasteiger partial charge in [-0.15, -0.1) is 0 Å². The minimum absolute atomic E-state index is 0.149. The van der Waals surface area contributed by atoms with Crippen molar-refractivity contribution in [2.24, 2.45) is 7.05 Å². The topological polar surface area (TPSA) is 21.1 Å². The third-order valence-electron chi connectivity index (χ3n) is 4.69. The van der Waals surface area contributed by atoms with Crippen LogP contribution < -0.4 is 0 Å². The van der Waals surface area contributed by atoms with Crippen molar-refractivity contribution in [2.75, 3.05) is 13.1 Å². The van der Waals surface area contributed by atoms with E-state index in [-0.39, 0.29) is 11.9 Å². The zero-order valence-corrected chi connectivity index (χ0v) is 12.7. The smallest absolute Gasteiger partial charge is 0.123 e. The minimum atomic E-state index is -0.149. The highest BCUT2D eigenvalue weighted by atomic mass is 19.1. The van der Waals surface area contributed by atoms with Gasteiger partial charge in [0, 0.05) is 30.9 Å². The molecule has 4 heteroatoms. The highest BCUT2D eigenvalue weighted by molar-refractivity contribution is 5.20.